The van der Waals surface area contributed by atoms with Crippen LogP contribution in [0.4, 0.5) is 0 Å². The molecule has 4 rings (SSSR count). The minimum absolute atomic E-state index is 0.622. The van der Waals surface area contributed by atoms with Crippen molar-refractivity contribution in [2.45, 2.75) is 43.4 Å². The number of allylic oxidation sites excluding steroid dienone is 1. The third-order valence-corrected chi connectivity index (χ3v) is 6.35. The lowest BCUT2D eigenvalue weighted by molar-refractivity contribution is -0.661. The summed E-state index contributed by atoms with van der Waals surface area (Å²) in [4.78, 5) is 11.8. The first-order valence-corrected chi connectivity index (χ1v) is 10.8. The summed E-state index contributed by atoms with van der Waals surface area (Å²) in [6, 6.07) is 10.4. The summed E-state index contributed by atoms with van der Waals surface area (Å²) in [5, 5.41) is 3.86. The molecule has 0 atom stereocenters. The minimum Gasteiger partial charge on any atom is -0.393 e. The molecular weight excluding hydrogens is 354 g/mol. The molecule has 2 heterocycles. The van der Waals surface area contributed by atoms with Gasteiger partial charge < -0.3 is 11.1 Å². The van der Waals surface area contributed by atoms with E-state index in [1.165, 1.54) is 50.0 Å². The quantitative estimate of drug-likeness (QED) is 0.639. The molecule has 1 saturated carbocycles. The van der Waals surface area contributed by atoms with Gasteiger partial charge in [-0.2, -0.15) is 0 Å². The molecule has 2 aliphatic rings. The molecule has 1 aromatic heterocycles. The van der Waals surface area contributed by atoms with Crippen molar-refractivity contribution in [2.75, 3.05) is 13.1 Å². The molecule has 6 heteroatoms. The molecule has 0 bridgehead atoms. The lowest BCUT2D eigenvalue weighted by Gasteiger charge is -2.19. The van der Waals surface area contributed by atoms with E-state index in [-0.39, 0.29) is 0 Å². The van der Waals surface area contributed by atoms with Crippen molar-refractivity contribution in [3.05, 3.63) is 64.7 Å². The molecule has 1 aliphatic heterocycles. The van der Waals surface area contributed by atoms with Crippen molar-refractivity contribution in [1.82, 2.24) is 4.98 Å². The number of rotatable bonds is 7. The number of hydrogen-bond donors (Lipinski definition) is 3. The van der Waals surface area contributed by atoms with Gasteiger partial charge in [0.1, 0.15) is 17.6 Å². The molecule has 5 nitrogen and oxygen atoms in total. The second kappa shape index (κ2) is 8.76. The van der Waals surface area contributed by atoms with Crippen molar-refractivity contribution in [3.8, 4) is 0 Å². The number of aromatic amines is 2. The van der Waals surface area contributed by atoms with Gasteiger partial charge in [-0.05, 0) is 18.4 Å². The van der Waals surface area contributed by atoms with Crippen LogP contribution in [0.5, 0.6) is 0 Å². The Bertz CT molecular complexity index is 801. The molecule has 0 radical (unpaired) electrons. The van der Waals surface area contributed by atoms with E-state index in [1.54, 1.807) is 11.8 Å². The minimum atomic E-state index is 0.622. The van der Waals surface area contributed by atoms with Gasteiger partial charge in [-0.15, -0.1) is 11.8 Å². The summed E-state index contributed by atoms with van der Waals surface area (Å²) in [6.07, 6.45) is 9.10. The van der Waals surface area contributed by atoms with Gasteiger partial charge >= 0.3 is 5.82 Å². The van der Waals surface area contributed by atoms with Crippen LogP contribution in [0.25, 0.3) is 0 Å². The van der Waals surface area contributed by atoms with Gasteiger partial charge in [0.15, 0.2) is 0 Å². The maximum atomic E-state index is 6.40. The Kier molecular flexibility index (Phi) is 5.94. The number of nitrogens with one attached hydrogen (secondary N) is 2. The second-order valence-corrected chi connectivity index (χ2v) is 8.81. The fourth-order valence-electron chi connectivity index (χ4n) is 3.45. The Hall–Kier alpha value is -2.05. The number of nitrogens with zero attached hydrogens (tertiary/aromatic N) is 1. The van der Waals surface area contributed by atoms with Crippen LogP contribution in [0.1, 0.15) is 48.7 Å². The largest absolute Gasteiger partial charge is 0.393 e. The van der Waals surface area contributed by atoms with Crippen molar-refractivity contribution in [3.63, 3.8) is 0 Å². The Morgan fingerprint density at radius 2 is 2.00 bits per heavy atom. The van der Waals surface area contributed by atoms with E-state index >= 15 is 0 Å². The number of thioether (sulfide) groups is 1. The van der Waals surface area contributed by atoms with Crippen LogP contribution in [0.3, 0.4) is 0 Å². The Morgan fingerprint density at radius 1 is 1.22 bits per heavy atom. The summed E-state index contributed by atoms with van der Waals surface area (Å²) in [5.41, 5.74) is 9.78. The first-order chi connectivity index (χ1) is 13.3. The number of H-pyrrole nitrogens is 2. The third-order valence-electron chi connectivity index (χ3n) is 5.16. The standard InChI is InChI=1S/C21H27N5S/c22-20(27-17-8-10-23-11-9-17)12-18(24-13-15-4-2-1-3-5-15)21-25-14-19(26-21)16-6-7-16/h1-5,12,14,16-17,23H,6-11,13,22H2,(H,25,26)/p+2/b20-12+,24-18?. The molecular formula is C21H29N5S+2. The molecule has 2 aromatic rings. The van der Waals surface area contributed by atoms with Crippen molar-refractivity contribution < 1.29 is 10.3 Å². The van der Waals surface area contributed by atoms with Crippen LogP contribution >= 0.6 is 11.8 Å². The van der Waals surface area contributed by atoms with Crippen LogP contribution in [0, 0.1) is 0 Å². The van der Waals surface area contributed by atoms with E-state index in [2.05, 4.69) is 45.7 Å². The second-order valence-electron chi connectivity index (χ2n) is 7.44. The van der Waals surface area contributed by atoms with Crippen LogP contribution < -0.4 is 16.0 Å². The molecule has 0 amide bonds. The summed E-state index contributed by atoms with van der Waals surface area (Å²) < 4.78 is 0. The monoisotopic (exact) mass is 383 g/mol. The maximum Gasteiger partial charge on any atom is 0.303 e. The highest BCUT2D eigenvalue weighted by molar-refractivity contribution is 8.03. The SMILES string of the molecule is N/C(=C\C(=NCc1ccccc1)c1[nH]c(C2CC2)c[nH+]1)SC1CC[NH2+]CC1. The number of piperidine rings is 1. The molecule has 0 unspecified atom stereocenters. The Labute approximate surface area is 165 Å². The Balaban J connectivity index is 1.53. The van der Waals surface area contributed by atoms with Gasteiger partial charge in [0, 0.05) is 30.1 Å². The van der Waals surface area contributed by atoms with E-state index in [1.807, 2.05) is 12.1 Å². The molecule has 1 aromatic carbocycles. The number of aliphatic imine (C=N–C) groups is 1. The zero-order valence-electron chi connectivity index (χ0n) is 15.7. The molecule has 1 saturated heterocycles. The lowest BCUT2D eigenvalue weighted by atomic mass is 10.2. The highest BCUT2D eigenvalue weighted by Crippen LogP contribution is 2.38. The molecule has 0 spiro atoms. The highest BCUT2D eigenvalue weighted by atomic mass is 32.2. The van der Waals surface area contributed by atoms with Crippen molar-refractivity contribution in [1.29, 1.82) is 0 Å². The average Bonchev–Trinajstić information content (AvgIpc) is 3.44. The summed E-state index contributed by atoms with van der Waals surface area (Å²) >= 11 is 1.80. The van der Waals surface area contributed by atoms with Crippen molar-refractivity contribution >= 4 is 17.5 Å². The molecule has 1 aliphatic carbocycles. The summed E-state index contributed by atoms with van der Waals surface area (Å²) in [7, 11) is 0. The van der Waals surface area contributed by atoms with E-state index < -0.39 is 0 Å². The van der Waals surface area contributed by atoms with Gasteiger partial charge in [-0.1, -0.05) is 30.3 Å². The third kappa shape index (κ3) is 5.23. The van der Waals surface area contributed by atoms with Crippen LogP contribution in [0.15, 0.2) is 52.6 Å². The van der Waals surface area contributed by atoms with Crippen LogP contribution in [-0.4, -0.2) is 29.0 Å². The number of aromatic nitrogens is 2. The average molecular weight is 384 g/mol. The summed E-state index contributed by atoms with van der Waals surface area (Å²) in [5.74, 6) is 1.63. The summed E-state index contributed by atoms with van der Waals surface area (Å²) in [6.45, 7) is 3.05. The normalized spacial score (nSPS) is 19.4. The maximum absolute atomic E-state index is 6.40. The molecule has 27 heavy (non-hydrogen) atoms. The van der Waals surface area contributed by atoms with Crippen molar-refractivity contribution in [2.24, 2.45) is 10.7 Å². The first kappa shape index (κ1) is 18.3. The van der Waals surface area contributed by atoms with Gasteiger partial charge in [0.2, 0.25) is 0 Å². The number of nitrogens with two attached hydrogens (primary N) is 2. The smallest absolute Gasteiger partial charge is 0.303 e. The number of quaternary nitrogens is 1. The van der Waals surface area contributed by atoms with Gasteiger partial charge in [0.25, 0.3) is 0 Å². The van der Waals surface area contributed by atoms with Crippen LogP contribution in [-0.2, 0) is 6.54 Å². The zero-order valence-corrected chi connectivity index (χ0v) is 16.5. The van der Waals surface area contributed by atoms with Gasteiger partial charge in [-0.25, -0.2) is 9.97 Å². The fourth-order valence-corrected chi connectivity index (χ4v) is 4.52. The topological polar surface area (TPSA) is 84.9 Å². The fraction of sp³-hybridized carbons (Fsp3) is 0.429. The predicted octanol–water partition coefficient (Wildman–Crippen LogP) is 1.95. The van der Waals surface area contributed by atoms with E-state index in [0.29, 0.717) is 17.7 Å². The predicted molar refractivity (Wildman–Crippen MR) is 111 cm³/mol. The van der Waals surface area contributed by atoms with Gasteiger partial charge in [0.05, 0.1) is 24.7 Å². The molecule has 6 N–H and O–H groups in total. The lowest BCUT2D eigenvalue weighted by Crippen LogP contribution is -2.86. The molecule has 2 fully saturated rings. The number of imidazole rings is 1. The Morgan fingerprint density at radius 3 is 2.74 bits per heavy atom. The van der Waals surface area contributed by atoms with Gasteiger partial charge in [-0.3, -0.25) is 4.99 Å². The number of hydrogen-bond acceptors (Lipinski definition) is 3. The van der Waals surface area contributed by atoms with E-state index in [9.17, 15) is 0 Å². The number of benzene rings is 1. The first-order valence-electron chi connectivity index (χ1n) is 9.93. The highest BCUT2D eigenvalue weighted by Gasteiger charge is 2.30. The van der Waals surface area contributed by atoms with E-state index in [4.69, 9.17) is 10.7 Å². The van der Waals surface area contributed by atoms with Crippen LogP contribution in [0.2, 0.25) is 0 Å². The van der Waals surface area contributed by atoms with E-state index in [0.717, 1.165) is 16.6 Å². The zero-order chi connectivity index (χ0) is 18.5. The molecule has 142 valence electrons.